The van der Waals surface area contributed by atoms with Gasteiger partial charge in [0.1, 0.15) is 0 Å². The van der Waals surface area contributed by atoms with Crippen molar-refractivity contribution in [2.75, 3.05) is 0 Å². The Hall–Kier alpha value is 0.693. The second-order valence-corrected chi connectivity index (χ2v) is 1.64. The molecular formula is C5H6Ba2O9. The van der Waals surface area contributed by atoms with Crippen LogP contribution in [0.25, 0.3) is 0 Å². The van der Waals surface area contributed by atoms with Gasteiger partial charge in [-0.1, -0.05) is 0 Å². The first-order valence-electron chi connectivity index (χ1n) is 2.78. The zero-order valence-corrected chi connectivity index (χ0v) is 16.5. The normalized spacial score (nSPS) is 7.50. The molecule has 0 unspecified atom stereocenters. The molecule has 2 N–H and O–H groups in total. The predicted octanol–water partition coefficient (Wildman–Crippen LogP) is -1.95. The molecule has 0 aromatic carbocycles. The summed E-state index contributed by atoms with van der Waals surface area (Å²) in [6.45, 7) is 0. The number of ether oxygens (including phenoxy) is 2. The molecule has 0 rings (SSSR count). The molecule has 0 aliphatic heterocycles. The van der Waals surface area contributed by atoms with Crippen molar-refractivity contribution < 1.29 is 49.4 Å². The fourth-order valence-corrected chi connectivity index (χ4v) is 0.260. The van der Waals surface area contributed by atoms with Crippen LogP contribution >= 0.6 is 0 Å². The summed E-state index contributed by atoms with van der Waals surface area (Å²) >= 11 is 0. The van der Waals surface area contributed by atoms with E-state index in [-0.39, 0.29) is 103 Å². The minimum Gasteiger partial charge on any atom is -1.00 e. The number of hydrogen-bond acceptors (Lipinski definition) is 7. The molecule has 0 aromatic rings. The van der Waals surface area contributed by atoms with Crippen molar-refractivity contribution in [1.82, 2.24) is 0 Å². The minimum absolute atomic E-state index is 0. The van der Waals surface area contributed by atoms with Crippen LogP contribution in [0.3, 0.4) is 0 Å². The number of carboxylic acid groups (broad SMARTS) is 2. The first kappa shape index (κ1) is 21.9. The first-order chi connectivity index (χ1) is 6.34. The van der Waals surface area contributed by atoms with Gasteiger partial charge in [-0.15, -0.1) is 0 Å². The Morgan fingerprint density at radius 1 is 0.750 bits per heavy atom. The standard InChI is InChI=1S/C5H2O9.2Ba.4H/c6-1(7)3(10)13-5(12)14-4(11)2(8)9;;;;;;/h(H,6,7)(H,8,9);;;;;;/q;2*+2;4*-1. The molecule has 0 aromatic heterocycles. The number of carbonyl (C=O) groups is 5. The van der Waals surface area contributed by atoms with Crippen molar-refractivity contribution in [3.8, 4) is 0 Å². The van der Waals surface area contributed by atoms with Crippen LogP contribution in [0.2, 0.25) is 0 Å². The van der Waals surface area contributed by atoms with Gasteiger partial charge >= 0.3 is 128 Å². The smallest absolute Gasteiger partial charge is 1.00 e. The maximum absolute atomic E-state index is 10.3. The van der Waals surface area contributed by atoms with Crippen LogP contribution in [0.15, 0.2) is 0 Å². The number of aliphatic carboxylic acids is 2. The number of carboxylic acids is 2. The minimum atomic E-state index is -2.09. The quantitative estimate of drug-likeness (QED) is 0.173. The van der Waals surface area contributed by atoms with Gasteiger partial charge < -0.3 is 25.4 Å². The summed E-state index contributed by atoms with van der Waals surface area (Å²) in [5, 5.41) is 15.8. The summed E-state index contributed by atoms with van der Waals surface area (Å²) in [4.78, 5) is 50.0. The third-order valence-corrected chi connectivity index (χ3v) is 0.701. The van der Waals surface area contributed by atoms with E-state index < -0.39 is 30.0 Å². The van der Waals surface area contributed by atoms with E-state index in [1.54, 1.807) is 0 Å². The number of esters is 2. The maximum Gasteiger partial charge on any atom is 2.00 e. The fraction of sp³-hybridized carbons (Fsp3) is 0. The van der Waals surface area contributed by atoms with E-state index in [4.69, 9.17) is 10.2 Å². The van der Waals surface area contributed by atoms with Gasteiger partial charge in [0.25, 0.3) is 0 Å². The van der Waals surface area contributed by atoms with Crippen LogP contribution in [0.4, 0.5) is 4.79 Å². The summed E-state index contributed by atoms with van der Waals surface area (Å²) < 4.78 is 6.70. The van der Waals surface area contributed by atoms with E-state index in [0.29, 0.717) is 0 Å². The summed E-state index contributed by atoms with van der Waals surface area (Å²) in [5.74, 6) is -8.17. The summed E-state index contributed by atoms with van der Waals surface area (Å²) in [6, 6.07) is 0. The first-order valence-corrected chi connectivity index (χ1v) is 2.78. The molecule has 84 valence electrons. The molecule has 0 saturated heterocycles. The summed E-state index contributed by atoms with van der Waals surface area (Å²) in [5.41, 5.74) is 0. The Kier molecular flexibility index (Phi) is 14.8. The van der Waals surface area contributed by atoms with Crippen molar-refractivity contribution in [3.63, 3.8) is 0 Å². The molecule has 0 fully saturated rings. The monoisotopic (exact) mass is 486 g/mol. The fourth-order valence-electron chi connectivity index (χ4n) is 0.260. The van der Waals surface area contributed by atoms with Gasteiger partial charge in [0.15, 0.2) is 0 Å². The molecule has 0 bridgehead atoms. The molecule has 0 aliphatic rings. The van der Waals surface area contributed by atoms with Gasteiger partial charge in [-0.05, 0) is 0 Å². The van der Waals surface area contributed by atoms with E-state index in [0.717, 1.165) is 0 Å². The zero-order chi connectivity index (χ0) is 11.3. The molecule has 0 spiro atoms. The molecule has 0 heterocycles. The van der Waals surface area contributed by atoms with E-state index >= 15 is 0 Å². The summed E-state index contributed by atoms with van der Waals surface area (Å²) in [6.07, 6.45) is -2.02. The number of hydrogen-bond donors (Lipinski definition) is 2. The zero-order valence-electron chi connectivity index (χ0n) is 11.7. The van der Waals surface area contributed by atoms with Gasteiger partial charge in [-0.3, -0.25) is 0 Å². The van der Waals surface area contributed by atoms with Gasteiger partial charge in [0, 0.05) is 0 Å². The van der Waals surface area contributed by atoms with Crippen molar-refractivity contribution in [2.24, 2.45) is 0 Å². The average molecular weight is 485 g/mol. The molecule has 0 aliphatic carbocycles. The SMILES string of the molecule is O=C(OC(=O)C(=O)O)OC(=O)C(=O)O.[Ba+2].[Ba+2].[H-].[H-].[H-].[H-]. The predicted molar refractivity (Wildman–Crippen MR) is 48.8 cm³/mol. The van der Waals surface area contributed by atoms with Crippen LogP contribution in [0.1, 0.15) is 5.71 Å². The van der Waals surface area contributed by atoms with E-state index in [1.165, 1.54) is 0 Å². The third kappa shape index (κ3) is 9.89. The number of carbonyl (C=O) groups excluding carboxylic acids is 3. The Labute approximate surface area is 174 Å². The molecule has 16 heavy (non-hydrogen) atoms. The molecule has 9 nitrogen and oxygen atoms in total. The van der Waals surface area contributed by atoms with Crippen molar-refractivity contribution >= 4 is 128 Å². The van der Waals surface area contributed by atoms with Gasteiger partial charge in [-0.25, -0.2) is 24.0 Å². The molecular weight excluding hydrogens is 479 g/mol. The number of rotatable bonds is 0. The molecule has 0 amide bonds. The van der Waals surface area contributed by atoms with Crippen molar-refractivity contribution in [2.45, 2.75) is 0 Å². The Bertz CT molecular complexity index is 306. The van der Waals surface area contributed by atoms with E-state index in [9.17, 15) is 24.0 Å². The molecule has 0 saturated carbocycles. The third-order valence-electron chi connectivity index (χ3n) is 0.701. The van der Waals surface area contributed by atoms with Crippen LogP contribution in [0.5, 0.6) is 0 Å². The van der Waals surface area contributed by atoms with Gasteiger partial charge in [0.05, 0.1) is 0 Å². The van der Waals surface area contributed by atoms with Gasteiger partial charge in [-0.2, -0.15) is 0 Å². The Morgan fingerprint density at radius 2 is 1.00 bits per heavy atom. The van der Waals surface area contributed by atoms with E-state index in [2.05, 4.69) is 9.47 Å². The van der Waals surface area contributed by atoms with E-state index in [1.807, 2.05) is 0 Å². The molecule has 0 radical (unpaired) electrons. The molecule has 11 heteroatoms. The Morgan fingerprint density at radius 3 is 1.19 bits per heavy atom. The average Bonchev–Trinajstić information content (AvgIpc) is 2.03. The van der Waals surface area contributed by atoms with Crippen molar-refractivity contribution in [3.05, 3.63) is 0 Å². The molecule has 0 atom stereocenters. The summed E-state index contributed by atoms with van der Waals surface area (Å²) in [7, 11) is 0. The van der Waals surface area contributed by atoms with Crippen LogP contribution in [-0.2, 0) is 28.7 Å². The Balaban J connectivity index is -0.0000000563. The van der Waals surface area contributed by atoms with Crippen LogP contribution < -0.4 is 0 Å². The van der Waals surface area contributed by atoms with Gasteiger partial charge in [0.2, 0.25) is 0 Å². The second kappa shape index (κ2) is 10.8. The second-order valence-electron chi connectivity index (χ2n) is 1.64. The maximum atomic E-state index is 10.3. The van der Waals surface area contributed by atoms with Crippen LogP contribution in [-0.4, -0.2) is 138 Å². The topological polar surface area (TPSA) is 144 Å². The van der Waals surface area contributed by atoms with Crippen LogP contribution in [0, 0.1) is 0 Å². The van der Waals surface area contributed by atoms with Crippen molar-refractivity contribution in [1.29, 1.82) is 0 Å². The largest absolute Gasteiger partial charge is 2.00 e.